The molecule has 30 heavy (non-hydrogen) atoms. The third-order valence-corrected chi connectivity index (χ3v) is 4.44. The quantitative estimate of drug-likeness (QED) is 0.510. The number of nitrogens with zero attached hydrogens (tertiary/aromatic N) is 2. The van der Waals surface area contributed by atoms with Gasteiger partial charge in [-0.2, -0.15) is 0 Å². The van der Waals surface area contributed by atoms with Gasteiger partial charge in [0.1, 0.15) is 0 Å². The van der Waals surface area contributed by atoms with Crippen molar-refractivity contribution in [3.05, 3.63) is 47.5 Å². The number of amides is 1. The van der Waals surface area contributed by atoms with E-state index < -0.39 is 0 Å². The van der Waals surface area contributed by atoms with Crippen molar-refractivity contribution in [3.63, 3.8) is 0 Å². The van der Waals surface area contributed by atoms with Crippen LogP contribution >= 0.6 is 0 Å². The molecule has 162 valence electrons. The van der Waals surface area contributed by atoms with Crippen LogP contribution in [0.5, 0.6) is 17.2 Å². The SMILES string of the molecule is CN=C(NCCc1cccc(C(=O)N(C)C)c1)Nc1cc(OC)c(OC)c(OC)c1. The van der Waals surface area contributed by atoms with Crippen LogP contribution in [0.2, 0.25) is 0 Å². The topological polar surface area (TPSA) is 84.4 Å². The van der Waals surface area contributed by atoms with Gasteiger partial charge in [-0.05, 0) is 24.1 Å². The summed E-state index contributed by atoms with van der Waals surface area (Å²) in [5.41, 5.74) is 2.49. The Hall–Kier alpha value is -3.42. The highest BCUT2D eigenvalue weighted by molar-refractivity contribution is 5.94. The summed E-state index contributed by atoms with van der Waals surface area (Å²) >= 11 is 0. The molecule has 2 aromatic carbocycles. The van der Waals surface area contributed by atoms with Crippen molar-refractivity contribution in [2.45, 2.75) is 6.42 Å². The molecule has 2 aromatic rings. The van der Waals surface area contributed by atoms with E-state index in [9.17, 15) is 4.79 Å². The Bertz CT molecular complexity index is 871. The molecule has 0 unspecified atom stereocenters. The molecule has 0 aromatic heterocycles. The van der Waals surface area contributed by atoms with Crippen molar-refractivity contribution < 1.29 is 19.0 Å². The van der Waals surface area contributed by atoms with Crippen molar-refractivity contribution in [1.82, 2.24) is 10.2 Å². The average molecular weight is 415 g/mol. The Morgan fingerprint density at radius 1 is 1.03 bits per heavy atom. The van der Waals surface area contributed by atoms with Crippen molar-refractivity contribution in [2.75, 3.05) is 54.3 Å². The molecule has 0 bridgehead atoms. The lowest BCUT2D eigenvalue weighted by atomic mass is 10.1. The average Bonchev–Trinajstić information content (AvgIpc) is 2.77. The molecule has 8 nitrogen and oxygen atoms in total. The molecule has 0 aliphatic heterocycles. The maximum absolute atomic E-state index is 12.1. The summed E-state index contributed by atoms with van der Waals surface area (Å²) in [6.07, 6.45) is 0.741. The van der Waals surface area contributed by atoms with E-state index in [4.69, 9.17) is 14.2 Å². The second-order valence-corrected chi connectivity index (χ2v) is 6.69. The van der Waals surface area contributed by atoms with Gasteiger partial charge in [0.05, 0.1) is 21.3 Å². The zero-order valence-electron chi connectivity index (χ0n) is 18.4. The number of guanidine groups is 1. The maximum atomic E-state index is 12.1. The van der Waals surface area contributed by atoms with E-state index in [0.29, 0.717) is 35.3 Å². The summed E-state index contributed by atoms with van der Waals surface area (Å²) in [4.78, 5) is 18.0. The summed E-state index contributed by atoms with van der Waals surface area (Å²) in [6, 6.07) is 11.3. The standard InChI is InChI=1S/C22H30N4O4/c1-23-22(25-17-13-18(28-4)20(30-6)19(14-17)29-5)24-11-10-15-8-7-9-16(12-15)21(27)26(2)3/h7-9,12-14H,10-11H2,1-6H3,(H2,23,24,25). The molecule has 0 saturated carbocycles. The molecule has 1 amide bonds. The highest BCUT2D eigenvalue weighted by atomic mass is 16.5. The van der Waals surface area contributed by atoms with E-state index in [1.165, 1.54) is 0 Å². The van der Waals surface area contributed by atoms with Crippen LogP contribution in [-0.2, 0) is 6.42 Å². The minimum atomic E-state index is -0.00955. The Morgan fingerprint density at radius 3 is 2.23 bits per heavy atom. The Morgan fingerprint density at radius 2 is 1.70 bits per heavy atom. The van der Waals surface area contributed by atoms with E-state index in [1.54, 1.807) is 47.4 Å². The molecule has 0 spiro atoms. The van der Waals surface area contributed by atoms with E-state index in [1.807, 2.05) is 36.4 Å². The van der Waals surface area contributed by atoms with Crippen molar-refractivity contribution in [2.24, 2.45) is 4.99 Å². The van der Waals surface area contributed by atoms with Gasteiger partial charge < -0.3 is 29.7 Å². The van der Waals surface area contributed by atoms with Gasteiger partial charge in [-0.25, -0.2) is 0 Å². The zero-order valence-corrected chi connectivity index (χ0v) is 18.4. The van der Waals surface area contributed by atoms with Crippen LogP contribution in [0.3, 0.4) is 0 Å². The molecule has 0 fully saturated rings. The summed E-state index contributed by atoms with van der Waals surface area (Å²) in [6.45, 7) is 0.643. The van der Waals surface area contributed by atoms with Crippen LogP contribution in [0.1, 0.15) is 15.9 Å². The second kappa shape index (κ2) is 10.9. The molecule has 0 radical (unpaired) electrons. The van der Waals surface area contributed by atoms with E-state index in [-0.39, 0.29) is 5.91 Å². The minimum absolute atomic E-state index is 0.00955. The molecule has 2 rings (SSSR count). The number of nitrogens with one attached hydrogen (secondary N) is 2. The van der Waals surface area contributed by atoms with Crippen molar-refractivity contribution in [3.8, 4) is 17.2 Å². The monoisotopic (exact) mass is 414 g/mol. The Balaban J connectivity index is 2.03. The largest absolute Gasteiger partial charge is 0.493 e. The molecule has 2 N–H and O–H groups in total. The first-order valence-corrected chi connectivity index (χ1v) is 9.51. The maximum Gasteiger partial charge on any atom is 0.253 e. The number of hydrogen-bond acceptors (Lipinski definition) is 5. The number of carbonyl (C=O) groups is 1. The van der Waals surface area contributed by atoms with Gasteiger partial charge in [-0.15, -0.1) is 0 Å². The van der Waals surface area contributed by atoms with Crippen LogP contribution in [0.4, 0.5) is 5.69 Å². The Kier molecular flexibility index (Phi) is 8.34. The van der Waals surface area contributed by atoms with Gasteiger partial charge in [0.15, 0.2) is 17.5 Å². The van der Waals surface area contributed by atoms with Crippen LogP contribution in [0.15, 0.2) is 41.4 Å². The number of rotatable bonds is 8. The predicted molar refractivity (Wildman–Crippen MR) is 119 cm³/mol. The molecular weight excluding hydrogens is 384 g/mol. The molecule has 0 saturated heterocycles. The van der Waals surface area contributed by atoms with Crippen LogP contribution in [0, 0.1) is 0 Å². The van der Waals surface area contributed by atoms with Crippen LogP contribution in [-0.4, -0.2) is 65.8 Å². The number of aliphatic imine (C=N–C) groups is 1. The first kappa shape index (κ1) is 22.9. The van der Waals surface area contributed by atoms with E-state index in [2.05, 4.69) is 15.6 Å². The third-order valence-electron chi connectivity index (χ3n) is 4.44. The molecular formula is C22H30N4O4. The van der Waals surface area contributed by atoms with Crippen LogP contribution < -0.4 is 24.8 Å². The summed E-state index contributed by atoms with van der Waals surface area (Å²) in [5, 5.41) is 6.49. The van der Waals surface area contributed by atoms with Crippen molar-refractivity contribution >= 4 is 17.6 Å². The van der Waals surface area contributed by atoms with Gasteiger partial charge in [0, 0.05) is 51.1 Å². The normalized spacial score (nSPS) is 10.9. The fourth-order valence-corrected chi connectivity index (χ4v) is 2.91. The fraction of sp³-hybridized carbons (Fsp3) is 0.364. The lowest BCUT2D eigenvalue weighted by molar-refractivity contribution is 0.0827. The summed E-state index contributed by atoms with van der Waals surface area (Å²) in [7, 11) is 9.90. The molecule has 8 heteroatoms. The highest BCUT2D eigenvalue weighted by Gasteiger charge is 2.14. The fourth-order valence-electron chi connectivity index (χ4n) is 2.91. The number of anilines is 1. The molecule has 0 aliphatic rings. The third kappa shape index (κ3) is 5.79. The number of carbonyl (C=O) groups excluding carboxylic acids is 1. The summed E-state index contributed by atoms with van der Waals surface area (Å²) in [5.74, 6) is 2.23. The van der Waals surface area contributed by atoms with E-state index in [0.717, 1.165) is 17.7 Å². The number of hydrogen-bond donors (Lipinski definition) is 2. The first-order valence-electron chi connectivity index (χ1n) is 9.51. The van der Waals surface area contributed by atoms with Crippen molar-refractivity contribution in [1.29, 1.82) is 0 Å². The smallest absolute Gasteiger partial charge is 0.253 e. The Labute approximate surface area is 177 Å². The number of benzene rings is 2. The van der Waals surface area contributed by atoms with Gasteiger partial charge in [-0.1, -0.05) is 12.1 Å². The zero-order chi connectivity index (χ0) is 22.1. The molecule has 0 heterocycles. The van der Waals surface area contributed by atoms with Gasteiger partial charge in [0.25, 0.3) is 5.91 Å². The van der Waals surface area contributed by atoms with Gasteiger partial charge in [0.2, 0.25) is 5.75 Å². The second-order valence-electron chi connectivity index (χ2n) is 6.69. The number of ether oxygens (including phenoxy) is 3. The lowest BCUT2D eigenvalue weighted by Crippen LogP contribution is -2.32. The van der Waals surface area contributed by atoms with Gasteiger partial charge >= 0.3 is 0 Å². The number of methoxy groups -OCH3 is 3. The predicted octanol–water partition coefficient (Wildman–Crippen LogP) is 2.64. The minimum Gasteiger partial charge on any atom is -0.493 e. The van der Waals surface area contributed by atoms with Crippen LogP contribution in [0.25, 0.3) is 0 Å². The van der Waals surface area contributed by atoms with E-state index >= 15 is 0 Å². The van der Waals surface area contributed by atoms with Gasteiger partial charge in [-0.3, -0.25) is 9.79 Å². The lowest BCUT2D eigenvalue weighted by Gasteiger charge is -2.16. The summed E-state index contributed by atoms with van der Waals surface area (Å²) < 4.78 is 16.1. The molecule has 0 aliphatic carbocycles. The highest BCUT2D eigenvalue weighted by Crippen LogP contribution is 2.39. The molecule has 0 atom stereocenters. The first-order chi connectivity index (χ1) is 14.4.